The first-order valence-electron chi connectivity index (χ1n) is 10.3. The van der Waals surface area contributed by atoms with Gasteiger partial charge < -0.3 is 19.7 Å². The Morgan fingerprint density at radius 2 is 1.97 bits per heavy atom. The Morgan fingerprint density at radius 3 is 2.83 bits per heavy atom. The highest BCUT2D eigenvalue weighted by atomic mass is 16.7. The molecule has 9 nitrogen and oxygen atoms in total. The van der Waals surface area contributed by atoms with Crippen molar-refractivity contribution in [1.29, 1.82) is 0 Å². The summed E-state index contributed by atoms with van der Waals surface area (Å²) in [5.41, 5.74) is 1.37. The first-order chi connectivity index (χ1) is 14.7. The fourth-order valence-electron chi connectivity index (χ4n) is 3.81. The molecule has 5 rings (SSSR count). The van der Waals surface area contributed by atoms with Crippen LogP contribution in [0.4, 0.5) is 11.5 Å². The molecule has 0 aliphatic carbocycles. The molecule has 1 amide bonds. The molecule has 0 bridgehead atoms. The van der Waals surface area contributed by atoms with E-state index in [0.717, 1.165) is 24.8 Å². The van der Waals surface area contributed by atoms with Crippen LogP contribution in [0.15, 0.2) is 30.3 Å². The van der Waals surface area contributed by atoms with Crippen molar-refractivity contribution in [3.8, 4) is 11.5 Å². The molecule has 2 aliphatic rings. The average molecular weight is 408 g/mol. The molecule has 0 radical (unpaired) electrons. The summed E-state index contributed by atoms with van der Waals surface area (Å²) in [6, 6.07) is 9.28. The third-order valence-electron chi connectivity index (χ3n) is 5.65. The van der Waals surface area contributed by atoms with Crippen LogP contribution in [0, 0.1) is 5.92 Å². The molecule has 1 N–H and O–H groups in total. The van der Waals surface area contributed by atoms with E-state index in [1.54, 1.807) is 22.7 Å². The molecule has 0 spiro atoms. The highest BCUT2D eigenvalue weighted by molar-refractivity contribution is 5.91. The topological polar surface area (TPSA) is 93.9 Å². The van der Waals surface area contributed by atoms with E-state index >= 15 is 0 Å². The SMILES string of the molecule is CC1CCN(c2ccc3nnc(CCC(=O)Nc4ccc5c(c4)OCO5)n3n2)CC1. The largest absolute Gasteiger partial charge is 0.454 e. The number of nitrogens with zero attached hydrogens (tertiary/aromatic N) is 5. The van der Waals surface area contributed by atoms with Gasteiger partial charge in [-0.2, -0.15) is 4.52 Å². The molecule has 0 unspecified atom stereocenters. The molecule has 2 aromatic heterocycles. The lowest BCUT2D eigenvalue weighted by Gasteiger charge is -2.30. The number of nitrogens with one attached hydrogen (secondary N) is 1. The predicted molar refractivity (Wildman–Crippen MR) is 111 cm³/mol. The quantitative estimate of drug-likeness (QED) is 0.694. The summed E-state index contributed by atoms with van der Waals surface area (Å²) in [5.74, 6) is 3.59. The summed E-state index contributed by atoms with van der Waals surface area (Å²) in [4.78, 5) is 14.7. The number of benzene rings is 1. The van der Waals surface area contributed by atoms with Crippen LogP contribution in [0.1, 0.15) is 32.0 Å². The Labute approximate surface area is 174 Å². The number of carbonyl (C=O) groups is 1. The van der Waals surface area contributed by atoms with Crippen LogP contribution < -0.4 is 19.7 Å². The van der Waals surface area contributed by atoms with Crippen molar-refractivity contribution in [2.24, 2.45) is 5.92 Å². The number of hydrogen-bond donors (Lipinski definition) is 1. The van der Waals surface area contributed by atoms with E-state index < -0.39 is 0 Å². The van der Waals surface area contributed by atoms with E-state index in [1.165, 1.54) is 12.8 Å². The monoisotopic (exact) mass is 408 g/mol. The number of aromatic nitrogens is 4. The van der Waals surface area contributed by atoms with E-state index in [0.29, 0.717) is 35.1 Å². The predicted octanol–water partition coefficient (Wildman–Crippen LogP) is 2.66. The molecule has 30 heavy (non-hydrogen) atoms. The number of aryl methyl sites for hydroxylation is 1. The highest BCUT2D eigenvalue weighted by Gasteiger charge is 2.19. The summed E-state index contributed by atoms with van der Waals surface area (Å²) < 4.78 is 12.4. The van der Waals surface area contributed by atoms with Gasteiger partial charge in [0, 0.05) is 37.7 Å². The lowest BCUT2D eigenvalue weighted by molar-refractivity contribution is -0.116. The number of anilines is 2. The van der Waals surface area contributed by atoms with Crippen LogP contribution >= 0.6 is 0 Å². The number of ether oxygens (including phenoxy) is 2. The number of carbonyl (C=O) groups excluding carboxylic acids is 1. The molecule has 2 aliphatic heterocycles. The van der Waals surface area contributed by atoms with Gasteiger partial charge in [0.15, 0.2) is 23.0 Å². The maximum atomic E-state index is 12.4. The van der Waals surface area contributed by atoms with Crippen molar-refractivity contribution < 1.29 is 14.3 Å². The minimum Gasteiger partial charge on any atom is -0.454 e. The molecule has 1 aromatic carbocycles. The number of fused-ring (bicyclic) bond motifs is 2. The first kappa shape index (κ1) is 18.7. The number of piperidine rings is 1. The van der Waals surface area contributed by atoms with Gasteiger partial charge >= 0.3 is 0 Å². The maximum Gasteiger partial charge on any atom is 0.231 e. The van der Waals surface area contributed by atoms with E-state index in [-0.39, 0.29) is 19.1 Å². The summed E-state index contributed by atoms with van der Waals surface area (Å²) >= 11 is 0. The Kier molecular flexibility index (Phi) is 4.86. The van der Waals surface area contributed by atoms with Gasteiger partial charge in [-0.1, -0.05) is 6.92 Å². The van der Waals surface area contributed by atoms with Crippen LogP contribution in [-0.4, -0.2) is 45.6 Å². The molecule has 0 atom stereocenters. The van der Waals surface area contributed by atoms with Gasteiger partial charge in [-0.3, -0.25) is 4.79 Å². The van der Waals surface area contributed by atoms with Crippen molar-refractivity contribution in [1.82, 2.24) is 19.8 Å². The minimum absolute atomic E-state index is 0.105. The lowest BCUT2D eigenvalue weighted by atomic mass is 9.99. The molecular weight excluding hydrogens is 384 g/mol. The van der Waals surface area contributed by atoms with Gasteiger partial charge in [0.05, 0.1) is 0 Å². The van der Waals surface area contributed by atoms with Crippen LogP contribution in [0.25, 0.3) is 5.65 Å². The third kappa shape index (κ3) is 3.74. The minimum atomic E-state index is -0.105. The number of hydrogen-bond acceptors (Lipinski definition) is 7. The van der Waals surface area contributed by atoms with E-state index in [9.17, 15) is 4.79 Å². The summed E-state index contributed by atoms with van der Waals surface area (Å²) in [7, 11) is 0. The van der Waals surface area contributed by atoms with Crippen LogP contribution in [-0.2, 0) is 11.2 Å². The van der Waals surface area contributed by atoms with Gasteiger partial charge in [-0.15, -0.1) is 15.3 Å². The summed E-state index contributed by atoms with van der Waals surface area (Å²) in [6.45, 7) is 4.52. The molecular formula is C21H24N6O3. The van der Waals surface area contributed by atoms with Crippen LogP contribution in [0.3, 0.4) is 0 Å². The zero-order chi connectivity index (χ0) is 20.5. The Morgan fingerprint density at radius 1 is 1.13 bits per heavy atom. The maximum absolute atomic E-state index is 12.4. The average Bonchev–Trinajstić information content (AvgIpc) is 3.38. The van der Waals surface area contributed by atoms with Crippen molar-refractivity contribution >= 4 is 23.1 Å². The Balaban J connectivity index is 1.25. The summed E-state index contributed by atoms with van der Waals surface area (Å²) in [6.07, 6.45) is 3.08. The van der Waals surface area contributed by atoms with Crippen molar-refractivity contribution in [2.75, 3.05) is 30.1 Å². The van der Waals surface area contributed by atoms with Gasteiger partial charge in [0.2, 0.25) is 12.7 Å². The van der Waals surface area contributed by atoms with Gasteiger partial charge in [-0.25, -0.2) is 0 Å². The second kappa shape index (κ2) is 7.81. The van der Waals surface area contributed by atoms with Crippen LogP contribution in [0.2, 0.25) is 0 Å². The van der Waals surface area contributed by atoms with Crippen molar-refractivity contribution in [2.45, 2.75) is 32.6 Å². The smallest absolute Gasteiger partial charge is 0.231 e. The normalized spacial score (nSPS) is 16.2. The third-order valence-corrected chi connectivity index (χ3v) is 5.65. The zero-order valence-electron chi connectivity index (χ0n) is 16.9. The van der Waals surface area contributed by atoms with E-state index in [1.807, 2.05) is 12.1 Å². The molecule has 3 aromatic rings. The second-order valence-corrected chi connectivity index (χ2v) is 7.86. The fourth-order valence-corrected chi connectivity index (χ4v) is 3.81. The van der Waals surface area contributed by atoms with Crippen LogP contribution in [0.5, 0.6) is 11.5 Å². The molecule has 4 heterocycles. The molecule has 1 fully saturated rings. The number of rotatable bonds is 5. The lowest BCUT2D eigenvalue weighted by Crippen LogP contribution is -2.33. The van der Waals surface area contributed by atoms with Crippen molar-refractivity contribution in [3.63, 3.8) is 0 Å². The first-order valence-corrected chi connectivity index (χ1v) is 10.3. The van der Waals surface area contributed by atoms with E-state index in [4.69, 9.17) is 14.6 Å². The van der Waals surface area contributed by atoms with Gasteiger partial charge in [-0.05, 0) is 43.0 Å². The van der Waals surface area contributed by atoms with Gasteiger partial charge in [0.25, 0.3) is 0 Å². The standard InChI is InChI=1S/C21H24N6O3/c1-14-8-10-26(11-9-14)20-5-4-18-23-24-19(27(18)25-20)6-7-21(28)22-15-2-3-16-17(12-15)30-13-29-16/h2-5,12,14H,6-11,13H2,1H3,(H,22,28). The molecule has 1 saturated heterocycles. The molecule has 156 valence electrons. The zero-order valence-corrected chi connectivity index (χ0v) is 16.9. The highest BCUT2D eigenvalue weighted by Crippen LogP contribution is 2.34. The Hall–Kier alpha value is -3.36. The van der Waals surface area contributed by atoms with Gasteiger partial charge in [0.1, 0.15) is 5.82 Å². The molecule has 0 saturated carbocycles. The second-order valence-electron chi connectivity index (χ2n) is 7.86. The van der Waals surface area contributed by atoms with E-state index in [2.05, 4.69) is 27.3 Å². The van der Waals surface area contributed by atoms with Crippen molar-refractivity contribution in [3.05, 3.63) is 36.2 Å². The number of amides is 1. The Bertz CT molecular complexity index is 1070. The summed E-state index contributed by atoms with van der Waals surface area (Å²) in [5, 5.41) is 16.1. The fraction of sp³-hybridized carbons (Fsp3) is 0.429. The molecule has 9 heteroatoms.